The smallest absolute Gasteiger partial charge is 0.314 e. The van der Waals surface area contributed by atoms with Crippen LogP contribution in [0.1, 0.15) is 11.5 Å². The van der Waals surface area contributed by atoms with Crippen molar-refractivity contribution in [2.45, 2.75) is 10.8 Å². The van der Waals surface area contributed by atoms with Crippen molar-refractivity contribution in [1.82, 2.24) is 0 Å². The van der Waals surface area contributed by atoms with E-state index in [0.717, 1.165) is 5.56 Å². The first-order chi connectivity index (χ1) is 10.1. The summed E-state index contributed by atoms with van der Waals surface area (Å²) >= 11 is 0. The van der Waals surface area contributed by atoms with E-state index in [1.165, 1.54) is 31.4 Å². The highest BCUT2D eigenvalue weighted by molar-refractivity contribution is 7.85. The van der Waals surface area contributed by atoms with E-state index < -0.39 is 22.7 Å². The van der Waals surface area contributed by atoms with Gasteiger partial charge in [-0.15, -0.1) is 0 Å². The summed E-state index contributed by atoms with van der Waals surface area (Å²) in [4.78, 5) is 12.4. The van der Waals surface area contributed by atoms with E-state index in [2.05, 4.69) is 0 Å². The van der Waals surface area contributed by atoms with Crippen molar-refractivity contribution in [2.75, 3.05) is 12.9 Å². The summed E-state index contributed by atoms with van der Waals surface area (Å²) in [5.41, 5.74) is 0.750. The molecule has 2 aromatic rings. The summed E-state index contributed by atoms with van der Waals surface area (Å²) < 4.78 is 30.0. The van der Waals surface area contributed by atoms with Gasteiger partial charge in [0.05, 0.1) is 23.8 Å². The largest absolute Gasteiger partial charge is 0.469 e. The number of hydrogen-bond donors (Lipinski definition) is 0. The number of rotatable bonds is 5. The van der Waals surface area contributed by atoms with Crippen LogP contribution < -0.4 is 0 Å². The van der Waals surface area contributed by atoms with Crippen LogP contribution in [0.2, 0.25) is 0 Å². The fraction of sp³-hybridized carbons (Fsp3) is 0.188. The van der Waals surface area contributed by atoms with Gasteiger partial charge in [0.1, 0.15) is 5.82 Å². The molecule has 0 aliphatic carbocycles. The first kappa shape index (κ1) is 15.4. The van der Waals surface area contributed by atoms with Crippen LogP contribution in [0.5, 0.6) is 0 Å². The van der Waals surface area contributed by atoms with E-state index in [1.807, 2.05) is 18.2 Å². The molecule has 5 heteroatoms. The number of carbonyl (C=O) groups is 1. The molecule has 21 heavy (non-hydrogen) atoms. The minimum Gasteiger partial charge on any atom is -0.469 e. The summed E-state index contributed by atoms with van der Waals surface area (Å²) in [6.45, 7) is 0. The van der Waals surface area contributed by atoms with Crippen LogP contribution in [-0.2, 0) is 20.3 Å². The van der Waals surface area contributed by atoms with Crippen LogP contribution in [0.25, 0.3) is 0 Å². The molecular weight excluding hydrogens is 291 g/mol. The van der Waals surface area contributed by atoms with Gasteiger partial charge >= 0.3 is 5.97 Å². The van der Waals surface area contributed by atoms with Crippen molar-refractivity contribution in [2.24, 2.45) is 0 Å². The van der Waals surface area contributed by atoms with Gasteiger partial charge in [-0.25, -0.2) is 4.39 Å². The summed E-state index contributed by atoms with van der Waals surface area (Å²) in [5, 5.41) is 0. The number of carbonyl (C=O) groups excluding carboxylic acids is 1. The van der Waals surface area contributed by atoms with E-state index >= 15 is 0 Å². The number of halogens is 1. The molecule has 110 valence electrons. The van der Waals surface area contributed by atoms with Crippen LogP contribution >= 0.6 is 0 Å². The Morgan fingerprint density at radius 3 is 2.33 bits per heavy atom. The van der Waals surface area contributed by atoms with Crippen LogP contribution in [0, 0.1) is 5.82 Å². The lowest BCUT2D eigenvalue weighted by molar-refractivity contribution is -0.141. The van der Waals surface area contributed by atoms with Crippen molar-refractivity contribution in [3.8, 4) is 0 Å². The fourth-order valence-corrected chi connectivity index (χ4v) is 3.23. The molecule has 0 amide bonds. The average Bonchev–Trinajstić information content (AvgIpc) is 2.53. The monoisotopic (exact) mass is 306 g/mol. The Labute approximate surface area is 125 Å². The summed E-state index contributed by atoms with van der Waals surface area (Å²) in [5.74, 6) is -1.33. The highest BCUT2D eigenvalue weighted by Gasteiger charge is 2.24. The third kappa shape index (κ3) is 3.98. The molecule has 0 heterocycles. The lowest BCUT2D eigenvalue weighted by atomic mass is 10.0. The second kappa shape index (κ2) is 7.13. The molecule has 0 aliphatic rings. The van der Waals surface area contributed by atoms with E-state index in [4.69, 9.17) is 4.74 Å². The van der Waals surface area contributed by atoms with E-state index in [1.54, 1.807) is 12.1 Å². The van der Waals surface area contributed by atoms with Crippen molar-refractivity contribution in [3.05, 3.63) is 66.0 Å². The zero-order valence-electron chi connectivity index (χ0n) is 11.5. The van der Waals surface area contributed by atoms with Crippen LogP contribution in [-0.4, -0.2) is 23.0 Å². The van der Waals surface area contributed by atoms with Gasteiger partial charge in [0, 0.05) is 10.6 Å². The zero-order chi connectivity index (χ0) is 15.2. The number of methoxy groups -OCH3 is 1. The van der Waals surface area contributed by atoms with Crippen molar-refractivity contribution < 1.29 is 18.1 Å². The SMILES string of the molecule is COC(=O)C(CS(=O)c1ccc(F)cc1)c1ccccc1. The molecule has 0 radical (unpaired) electrons. The topological polar surface area (TPSA) is 43.4 Å². The normalized spacial score (nSPS) is 13.4. The molecule has 2 atom stereocenters. The molecule has 0 saturated carbocycles. The lowest BCUT2D eigenvalue weighted by Crippen LogP contribution is -2.20. The molecule has 0 saturated heterocycles. The fourth-order valence-electron chi connectivity index (χ4n) is 1.96. The first-order valence-electron chi connectivity index (χ1n) is 6.38. The summed E-state index contributed by atoms with van der Waals surface area (Å²) in [6.07, 6.45) is 0. The van der Waals surface area contributed by atoms with Crippen LogP contribution in [0.4, 0.5) is 4.39 Å². The van der Waals surface area contributed by atoms with Gasteiger partial charge in [0.25, 0.3) is 0 Å². The third-order valence-electron chi connectivity index (χ3n) is 3.08. The molecule has 0 fully saturated rings. The lowest BCUT2D eigenvalue weighted by Gasteiger charge is -2.14. The number of ether oxygens (including phenoxy) is 1. The Hall–Kier alpha value is -2.01. The van der Waals surface area contributed by atoms with Gasteiger partial charge in [0.2, 0.25) is 0 Å². The van der Waals surface area contributed by atoms with Crippen molar-refractivity contribution in [1.29, 1.82) is 0 Å². The second-order valence-electron chi connectivity index (χ2n) is 4.45. The standard InChI is InChI=1S/C16H15FO3S/c1-20-16(18)15(12-5-3-2-4-6-12)11-21(19)14-9-7-13(17)8-10-14/h2-10,15H,11H2,1H3. The Bertz CT molecular complexity index is 626. The predicted octanol–water partition coefficient (Wildman–Crippen LogP) is 2.89. The van der Waals surface area contributed by atoms with Crippen molar-refractivity contribution in [3.63, 3.8) is 0 Å². The molecule has 0 aliphatic heterocycles. The van der Waals surface area contributed by atoms with Gasteiger partial charge in [-0.2, -0.15) is 0 Å². The Balaban J connectivity index is 2.21. The average molecular weight is 306 g/mol. The molecule has 0 N–H and O–H groups in total. The van der Waals surface area contributed by atoms with Gasteiger partial charge in [-0.05, 0) is 29.8 Å². The third-order valence-corrected chi connectivity index (χ3v) is 4.52. The minimum absolute atomic E-state index is 0.0995. The Morgan fingerprint density at radius 2 is 1.76 bits per heavy atom. The van der Waals surface area contributed by atoms with Gasteiger partial charge in [-0.3, -0.25) is 9.00 Å². The number of benzene rings is 2. The predicted molar refractivity (Wildman–Crippen MR) is 78.9 cm³/mol. The van der Waals surface area contributed by atoms with Crippen LogP contribution in [0.15, 0.2) is 59.5 Å². The number of esters is 1. The zero-order valence-corrected chi connectivity index (χ0v) is 12.3. The minimum atomic E-state index is -1.41. The maximum Gasteiger partial charge on any atom is 0.314 e. The molecule has 0 aromatic heterocycles. The van der Waals surface area contributed by atoms with Crippen LogP contribution in [0.3, 0.4) is 0 Å². The molecule has 3 nitrogen and oxygen atoms in total. The maximum absolute atomic E-state index is 12.9. The van der Waals surface area contributed by atoms with Crippen molar-refractivity contribution >= 4 is 16.8 Å². The molecule has 2 aromatic carbocycles. The highest BCUT2D eigenvalue weighted by Crippen LogP contribution is 2.21. The molecule has 2 rings (SSSR count). The summed E-state index contributed by atoms with van der Waals surface area (Å²) in [6, 6.07) is 14.5. The van der Waals surface area contributed by atoms with Gasteiger partial charge in [-0.1, -0.05) is 30.3 Å². The highest BCUT2D eigenvalue weighted by atomic mass is 32.2. The second-order valence-corrected chi connectivity index (χ2v) is 5.95. The quantitative estimate of drug-likeness (QED) is 0.798. The molecule has 0 spiro atoms. The first-order valence-corrected chi connectivity index (χ1v) is 7.70. The molecular formula is C16H15FO3S. The van der Waals surface area contributed by atoms with E-state index in [0.29, 0.717) is 4.90 Å². The summed E-state index contributed by atoms with van der Waals surface area (Å²) in [7, 11) is -0.107. The Morgan fingerprint density at radius 1 is 1.14 bits per heavy atom. The van der Waals surface area contributed by atoms with E-state index in [9.17, 15) is 13.4 Å². The van der Waals surface area contributed by atoms with E-state index in [-0.39, 0.29) is 11.6 Å². The molecule has 2 unspecified atom stereocenters. The number of hydrogen-bond acceptors (Lipinski definition) is 3. The van der Waals surface area contributed by atoms with Gasteiger partial charge in [0.15, 0.2) is 0 Å². The maximum atomic E-state index is 12.9. The molecule has 0 bridgehead atoms. The van der Waals surface area contributed by atoms with Gasteiger partial charge < -0.3 is 4.74 Å². The Kier molecular flexibility index (Phi) is 5.22.